The van der Waals surface area contributed by atoms with Gasteiger partial charge in [0.15, 0.2) is 5.76 Å². The molecule has 1 amide bonds. The van der Waals surface area contributed by atoms with Crippen LogP contribution in [0.15, 0.2) is 27.1 Å². The molecule has 106 valence electrons. The fourth-order valence-electron chi connectivity index (χ4n) is 2.74. The van der Waals surface area contributed by atoms with E-state index in [0.29, 0.717) is 12.3 Å². The summed E-state index contributed by atoms with van der Waals surface area (Å²) < 4.78 is 6.73. The Bertz CT molecular complexity index is 665. The largest absolute Gasteiger partial charge is 0.451 e. The number of nitrogens with zero attached hydrogens (tertiary/aromatic N) is 1. The van der Waals surface area contributed by atoms with Crippen LogP contribution in [0.4, 0.5) is 0 Å². The number of nitrogens with two attached hydrogens (primary N) is 1. The molecule has 1 aliphatic heterocycles. The van der Waals surface area contributed by atoms with Gasteiger partial charge in [-0.15, -0.1) is 0 Å². The van der Waals surface area contributed by atoms with E-state index in [4.69, 9.17) is 10.2 Å². The number of aryl methyl sites for hydroxylation is 1. The molecule has 0 bridgehead atoms. The number of piperidine rings is 1. The first-order valence-corrected chi connectivity index (χ1v) is 7.59. The van der Waals surface area contributed by atoms with Crippen LogP contribution in [0, 0.1) is 6.92 Å². The van der Waals surface area contributed by atoms with Crippen molar-refractivity contribution >= 4 is 32.8 Å². The zero-order chi connectivity index (χ0) is 14.3. The molecular weight excluding hydrogens is 320 g/mol. The highest BCUT2D eigenvalue weighted by Gasteiger charge is 2.26. The van der Waals surface area contributed by atoms with E-state index in [1.807, 2.05) is 25.1 Å². The Balaban J connectivity index is 1.97. The average Bonchev–Trinajstić information content (AvgIpc) is 2.75. The third kappa shape index (κ3) is 2.36. The van der Waals surface area contributed by atoms with Gasteiger partial charge in [0.25, 0.3) is 5.91 Å². The van der Waals surface area contributed by atoms with Crippen molar-refractivity contribution in [1.82, 2.24) is 4.90 Å². The number of amides is 1. The van der Waals surface area contributed by atoms with Crippen molar-refractivity contribution in [3.8, 4) is 0 Å². The molecule has 2 N–H and O–H groups in total. The summed E-state index contributed by atoms with van der Waals surface area (Å²) in [6.07, 6.45) is 1.94. The molecule has 0 radical (unpaired) electrons. The second kappa shape index (κ2) is 5.22. The molecule has 20 heavy (non-hydrogen) atoms. The molecule has 0 saturated carbocycles. The van der Waals surface area contributed by atoms with Gasteiger partial charge in [-0.2, -0.15) is 0 Å². The summed E-state index contributed by atoms with van der Waals surface area (Å²) in [5.74, 6) is 0.386. The molecule has 2 heterocycles. The van der Waals surface area contributed by atoms with Crippen LogP contribution in [0.2, 0.25) is 0 Å². The second-order valence-electron chi connectivity index (χ2n) is 5.35. The summed E-state index contributed by atoms with van der Waals surface area (Å²) in [5, 5.41) is 0.976. The molecule has 1 aliphatic rings. The predicted molar refractivity (Wildman–Crippen MR) is 81.8 cm³/mol. The van der Waals surface area contributed by atoms with Crippen molar-refractivity contribution in [2.45, 2.75) is 25.8 Å². The highest BCUT2D eigenvalue weighted by atomic mass is 79.9. The van der Waals surface area contributed by atoms with Crippen LogP contribution in [0.1, 0.15) is 29.0 Å². The maximum absolute atomic E-state index is 12.6. The van der Waals surface area contributed by atoms with Gasteiger partial charge in [-0.25, -0.2) is 0 Å². The molecule has 1 aromatic carbocycles. The van der Waals surface area contributed by atoms with Gasteiger partial charge in [-0.05, 0) is 38.0 Å². The Labute approximate surface area is 126 Å². The normalized spacial score (nSPS) is 19.6. The standard InChI is InChI=1S/C15H17BrN2O2/c1-9-12-7-10(16)4-5-13(12)20-14(9)15(19)18-6-2-3-11(17)8-18/h4-5,7,11H,2-3,6,8,17H2,1H3. The highest BCUT2D eigenvalue weighted by molar-refractivity contribution is 9.10. The van der Waals surface area contributed by atoms with Crippen molar-refractivity contribution in [3.05, 3.63) is 34.0 Å². The minimum atomic E-state index is -0.0510. The topological polar surface area (TPSA) is 59.5 Å². The number of carbonyl (C=O) groups is 1. The van der Waals surface area contributed by atoms with Gasteiger partial charge in [-0.1, -0.05) is 15.9 Å². The smallest absolute Gasteiger partial charge is 0.289 e. The zero-order valence-corrected chi connectivity index (χ0v) is 12.9. The summed E-state index contributed by atoms with van der Waals surface area (Å²) in [4.78, 5) is 14.4. The molecule has 3 rings (SSSR count). The van der Waals surface area contributed by atoms with Crippen LogP contribution >= 0.6 is 15.9 Å². The van der Waals surface area contributed by atoms with Gasteiger partial charge in [0, 0.05) is 34.6 Å². The molecule has 2 aromatic rings. The summed E-state index contributed by atoms with van der Waals surface area (Å²) in [6.45, 7) is 3.29. The first-order chi connectivity index (χ1) is 9.56. The SMILES string of the molecule is Cc1c(C(=O)N2CCCC(N)C2)oc2ccc(Br)cc12. The molecule has 1 saturated heterocycles. The molecule has 4 nitrogen and oxygen atoms in total. The molecule has 1 unspecified atom stereocenters. The quantitative estimate of drug-likeness (QED) is 0.870. The average molecular weight is 337 g/mol. The van der Waals surface area contributed by atoms with Gasteiger partial charge in [0.2, 0.25) is 0 Å². The maximum Gasteiger partial charge on any atom is 0.289 e. The van der Waals surface area contributed by atoms with Crippen LogP contribution in [-0.4, -0.2) is 29.9 Å². The molecule has 1 aromatic heterocycles. The van der Waals surface area contributed by atoms with Gasteiger partial charge in [-0.3, -0.25) is 4.79 Å². The minimum absolute atomic E-state index is 0.0510. The number of rotatable bonds is 1. The lowest BCUT2D eigenvalue weighted by atomic mass is 10.1. The van der Waals surface area contributed by atoms with Crippen molar-refractivity contribution in [2.75, 3.05) is 13.1 Å². The fraction of sp³-hybridized carbons (Fsp3) is 0.400. The van der Waals surface area contributed by atoms with Crippen LogP contribution in [-0.2, 0) is 0 Å². The Morgan fingerprint density at radius 1 is 1.50 bits per heavy atom. The third-order valence-electron chi connectivity index (χ3n) is 3.84. The number of carbonyl (C=O) groups excluding carboxylic acids is 1. The lowest BCUT2D eigenvalue weighted by Crippen LogP contribution is -2.45. The van der Waals surface area contributed by atoms with E-state index in [1.54, 1.807) is 4.90 Å². The summed E-state index contributed by atoms with van der Waals surface area (Å²) >= 11 is 3.44. The monoisotopic (exact) mass is 336 g/mol. The van der Waals surface area contributed by atoms with Crippen molar-refractivity contribution in [2.24, 2.45) is 5.73 Å². The summed E-state index contributed by atoms with van der Waals surface area (Å²) in [7, 11) is 0. The van der Waals surface area contributed by atoms with E-state index in [2.05, 4.69) is 15.9 Å². The van der Waals surface area contributed by atoms with E-state index < -0.39 is 0 Å². The van der Waals surface area contributed by atoms with Crippen molar-refractivity contribution < 1.29 is 9.21 Å². The Hall–Kier alpha value is -1.33. The second-order valence-corrected chi connectivity index (χ2v) is 6.27. The van der Waals surface area contributed by atoms with Gasteiger partial charge >= 0.3 is 0 Å². The number of likely N-dealkylation sites (tertiary alicyclic amines) is 1. The predicted octanol–water partition coefficient (Wildman–Crippen LogP) is 3.07. The lowest BCUT2D eigenvalue weighted by Gasteiger charge is -2.30. The molecule has 0 aliphatic carbocycles. The number of hydrogen-bond donors (Lipinski definition) is 1. The molecular formula is C15H17BrN2O2. The van der Waals surface area contributed by atoms with Gasteiger partial charge in [0.1, 0.15) is 5.58 Å². The maximum atomic E-state index is 12.6. The Morgan fingerprint density at radius 2 is 2.30 bits per heavy atom. The van der Waals surface area contributed by atoms with Crippen LogP contribution < -0.4 is 5.73 Å². The number of furan rings is 1. The molecule has 1 fully saturated rings. The van der Waals surface area contributed by atoms with Crippen molar-refractivity contribution in [1.29, 1.82) is 0 Å². The van der Waals surface area contributed by atoms with E-state index in [0.717, 1.165) is 40.4 Å². The Morgan fingerprint density at radius 3 is 3.05 bits per heavy atom. The minimum Gasteiger partial charge on any atom is -0.451 e. The van der Waals surface area contributed by atoms with Crippen LogP contribution in [0.3, 0.4) is 0 Å². The molecule has 5 heteroatoms. The zero-order valence-electron chi connectivity index (χ0n) is 11.4. The van der Waals surface area contributed by atoms with E-state index >= 15 is 0 Å². The number of hydrogen-bond acceptors (Lipinski definition) is 3. The van der Waals surface area contributed by atoms with Crippen LogP contribution in [0.5, 0.6) is 0 Å². The summed E-state index contributed by atoms with van der Waals surface area (Å²) in [6, 6.07) is 5.85. The van der Waals surface area contributed by atoms with Crippen molar-refractivity contribution in [3.63, 3.8) is 0 Å². The first-order valence-electron chi connectivity index (χ1n) is 6.80. The van der Waals surface area contributed by atoms with E-state index in [1.165, 1.54) is 0 Å². The fourth-order valence-corrected chi connectivity index (χ4v) is 3.10. The Kier molecular flexibility index (Phi) is 3.56. The number of halogens is 1. The van der Waals surface area contributed by atoms with Gasteiger partial charge in [0.05, 0.1) is 0 Å². The van der Waals surface area contributed by atoms with E-state index in [9.17, 15) is 4.79 Å². The van der Waals surface area contributed by atoms with Gasteiger partial charge < -0.3 is 15.1 Å². The lowest BCUT2D eigenvalue weighted by molar-refractivity contribution is 0.0678. The number of benzene rings is 1. The first kappa shape index (κ1) is 13.6. The number of fused-ring (bicyclic) bond motifs is 1. The molecule has 1 atom stereocenters. The highest BCUT2D eigenvalue weighted by Crippen LogP contribution is 2.29. The summed E-state index contributed by atoms with van der Waals surface area (Å²) in [5.41, 5.74) is 7.58. The van der Waals surface area contributed by atoms with Crippen LogP contribution in [0.25, 0.3) is 11.0 Å². The van der Waals surface area contributed by atoms with E-state index in [-0.39, 0.29) is 11.9 Å². The molecule has 0 spiro atoms. The third-order valence-corrected chi connectivity index (χ3v) is 4.33.